The quantitative estimate of drug-likeness (QED) is 0.221. The summed E-state index contributed by atoms with van der Waals surface area (Å²) in [5.74, 6) is 0. The van der Waals surface area contributed by atoms with Crippen molar-refractivity contribution in [3.05, 3.63) is 36.4 Å². The van der Waals surface area contributed by atoms with Crippen LogP contribution in [-0.2, 0) is 20.7 Å². The van der Waals surface area contributed by atoms with E-state index in [2.05, 4.69) is 10.9 Å². The first-order valence-electron chi connectivity index (χ1n) is 4.79. The fraction of sp³-hybridized carbons (Fsp3) is 0. The minimum absolute atomic E-state index is 0. The Morgan fingerprint density at radius 1 is 1.13 bits per heavy atom. The van der Waals surface area contributed by atoms with E-state index >= 15 is 0 Å². The Balaban J connectivity index is -0.000000517. The molecule has 116 valence electrons. The summed E-state index contributed by atoms with van der Waals surface area (Å²) >= 11 is 5.42. The first-order chi connectivity index (χ1) is 9.24. The molecule has 0 aliphatic carbocycles. The maximum absolute atomic E-state index is 10.8. The van der Waals surface area contributed by atoms with Gasteiger partial charge in [-0.25, -0.2) is 8.42 Å². The summed E-state index contributed by atoms with van der Waals surface area (Å²) in [5, 5.41) is 1.30. The molecule has 0 amide bonds. The summed E-state index contributed by atoms with van der Waals surface area (Å²) in [4.78, 5) is 2.11. The Bertz CT molecular complexity index is 839. The van der Waals surface area contributed by atoms with Crippen LogP contribution in [-0.4, -0.2) is 25.6 Å². The van der Waals surface area contributed by atoms with Gasteiger partial charge in [0.1, 0.15) is 0 Å². The molecule has 0 atom stereocenters. The van der Waals surface area contributed by atoms with Gasteiger partial charge in [0.25, 0.3) is 0 Å². The van der Waals surface area contributed by atoms with Gasteiger partial charge in [0.05, 0.1) is 10.1 Å². The van der Waals surface area contributed by atoms with Crippen LogP contribution < -0.4 is 70.1 Å². The van der Waals surface area contributed by atoms with Crippen molar-refractivity contribution < 1.29 is 84.7 Å². The fourth-order valence-corrected chi connectivity index (χ4v) is 1.95. The van der Waals surface area contributed by atoms with E-state index in [9.17, 15) is 13.0 Å². The van der Waals surface area contributed by atoms with Crippen molar-refractivity contribution >= 4 is 49.0 Å². The van der Waals surface area contributed by atoms with Crippen molar-refractivity contribution in [3.8, 4) is 0 Å². The zero-order valence-electron chi connectivity index (χ0n) is 12.2. The molecule has 0 bridgehead atoms. The van der Waals surface area contributed by atoms with Crippen molar-refractivity contribution in [2.24, 2.45) is 0 Å². The van der Waals surface area contributed by atoms with Gasteiger partial charge in [-0.05, 0) is 4.90 Å². The smallest absolute Gasteiger partial charge is 0.752 e. The maximum Gasteiger partial charge on any atom is 1.00 e. The molecule has 2 aromatic rings. The number of benzene rings is 2. The SMILES string of the molecule is N.O=S(=O)([O-])c1c[c-]c2ccc(NCl)cc2c1.O=S(=O)=O.[Na+].[Na+]. The molecule has 8 nitrogen and oxygen atoms in total. The summed E-state index contributed by atoms with van der Waals surface area (Å²) in [6, 6.07) is 10.3. The Kier molecular flexibility index (Phi) is 15.4. The molecule has 0 saturated carbocycles. The predicted molar refractivity (Wildman–Crippen MR) is 74.9 cm³/mol. The van der Waals surface area contributed by atoms with Crippen LogP contribution in [0.25, 0.3) is 10.8 Å². The Labute approximate surface area is 184 Å². The fourth-order valence-electron chi connectivity index (χ4n) is 1.36. The summed E-state index contributed by atoms with van der Waals surface area (Å²) in [7, 11) is -7.56. The van der Waals surface area contributed by atoms with E-state index in [1.807, 2.05) is 0 Å². The molecule has 2 rings (SSSR count). The van der Waals surface area contributed by atoms with E-state index in [4.69, 9.17) is 24.4 Å². The average Bonchev–Trinajstić information content (AvgIpc) is 2.35. The average molecular weight is 399 g/mol. The van der Waals surface area contributed by atoms with Gasteiger partial charge in [0.15, 0.2) is 0 Å². The predicted octanol–water partition coefficient (Wildman–Crippen LogP) is -4.72. The standard InChI is InChI=1S/C10H7ClNO3S.H3N.2Na.O3S/c11-12-9-3-1-7-2-4-10(16(13,14)15)6-8(7)5-9;;;;1-4(2)3/h1,3-6,12H,(H,13,14,15);1H3;;;/q-1;;2*+1;/p-1. The van der Waals surface area contributed by atoms with E-state index in [1.54, 1.807) is 18.2 Å². The van der Waals surface area contributed by atoms with E-state index < -0.39 is 20.7 Å². The van der Waals surface area contributed by atoms with Crippen molar-refractivity contribution in [2.45, 2.75) is 4.90 Å². The molecule has 0 spiro atoms. The van der Waals surface area contributed by atoms with Gasteiger partial charge >= 0.3 is 69.7 Å². The second kappa shape index (κ2) is 12.6. The Hall–Kier alpha value is 0.280. The minimum atomic E-state index is -4.45. The topological polar surface area (TPSA) is 155 Å². The molecule has 0 fully saturated rings. The maximum atomic E-state index is 10.8. The number of hydrogen-bond acceptors (Lipinski definition) is 8. The van der Waals surface area contributed by atoms with Crippen molar-refractivity contribution in [1.29, 1.82) is 0 Å². The number of rotatable bonds is 2. The van der Waals surface area contributed by atoms with Crippen LogP contribution in [0, 0.1) is 6.07 Å². The van der Waals surface area contributed by atoms with Crippen molar-refractivity contribution in [1.82, 2.24) is 6.15 Å². The molecule has 0 unspecified atom stereocenters. The molecule has 13 heteroatoms. The van der Waals surface area contributed by atoms with Gasteiger partial charge in [-0.1, -0.05) is 12.1 Å². The van der Waals surface area contributed by atoms with Gasteiger partial charge in [0.2, 0.25) is 0 Å². The van der Waals surface area contributed by atoms with Crippen molar-refractivity contribution in [3.63, 3.8) is 0 Å². The molecule has 23 heavy (non-hydrogen) atoms. The third-order valence-electron chi connectivity index (χ3n) is 2.12. The zero-order chi connectivity index (χ0) is 15.3. The third kappa shape index (κ3) is 9.99. The van der Waals surface area contributed by atoms with Crippen LogP contribution in [0.2, 0.25) is 0 Å². The third-order valence-corrected chi connectivity index (χ3v) is 3.15. The Morgan fingerprint density at radius 2 is 1.65 bits per heavy atom. The number of hydrogen-bond donors (Lipinski definition) is 2. The first kappa shape index (κ1) is 28.1. The second-order valence-electron chi connectivity index (χ2n) is 3.39. The van der Waals surface area contributed by atoms with Gasteiger partial charge in [-0.15, -0.1) is 47.7 Å². The molecule has 0 aliphatic rings. The van der Waals surface area contributed by atoms with Gasteiger partial charge in [-0.2, -0.15) is 0 Å². The zero-order valence-corrected chi connectivity index (χ0v) is 18.6. The minimum Gasteiger partial charge on any atom is -0.752 e. The first-order valence-corrected chi connectivity index (χ1v) is 7.57. The van der Waals surface area contributed by atoms with E-state index in [0.717, 1.165) is 0 Å². The number of anilines is 1. The number of nitrogens with one attached hydrogen (secondary N) is 1. The molecule has 2 aromatic carbocycles. The van der Waals surface area contributed by atoms with Crippen molar-refractivity contribution in [2.75, 3.05) is 4.84 Å². The van der Waals surface area contributed by atoms with Crippen LogP contribution in [0.15, 0.2) is 35.2 Å². The largest absolute Gasteiger partial charge is 1.00 e. The molecule has 0 saturated heterocycles. The molecule has 4 N–H and O–H groups in total. The van der Waals surface area contributed by atoms with Crippen LogP contribution >= 0.6 is 11.8 Å². The monoisotopic (exact) mass is 398 g/mol. The van der Waals surface area contributed by atoms with E-state index in [0.29, 0.717) is 16.5 Å². The molecule has 0 radical (unpaired) electrons. The summed E-state index contributed by atoms with van der Waals surface area (Å²) in [6.07, 6.45) is 0. The van der Waals surface area contributed by atoms with Crippen LogP contribution in [0.1, 0.15) is 0 Å². The van der Waals surface area contributed by atoms with E-state index in [1.165, 1.54) is 12.1 Å². The van der Waals surface area contributed by atoms with Crippen LogP contribution in [0.4, 0.5) is 5.69 Å². The molecule has 0 aliphatic heterocycles. The summed E-state index contributed by atoms with van der Waals surface area (Å²) < 4.78 is 57.8. The molecular formula is C10H9ClN2Na2O6S2. The number of halogens is 1. The normalized spacial score (nSPS) is 9.13. The van der Waals surface area contributed by atoms with Crippen LogP contribution in [0.5, 0.6) is 0 Å². The molecule has 0 heterocycles. The number of fused-ring (bicyclic) bond motifs is 1. The summed E-state index contributed by atoms with van der Waals surface area (Å²) in [6.45, 7) is 0. The molecule has 0 aromatic heterocycles. The second-order valence-corrected chi connectivity index (χ2v) is 5.37. The molecular weight excluding hydrogens is 390 g/mol. The van der Waals surface area contributed by atoms with Gasteiger partial charge in [-0.3, -0.25) is 0 Å². The van der Waals surface area contributed by atoms with E-state index in [-0.39, 0.29) is 70.2 Å². The Morgan fingerprint density at radius 3 is 2.09 bits per heavy atom. The van der Waals surface area contributed by atoms with Crippen LogP contribution in [0.3, 0.4) is 0 Å². The summed E-state index contributed by atoms with van der Waals surface area (Å²) in [5.41, 5.74) is 0.614. The van der Waals surface area contributed by atoms with Gasteiger partial charge < -0.3 is 15.5 Å². The van der Waals surface area contributed by atoms with Gasteiger partial charge in [0, 0.05) is 17.5 Å².